The maximum absolute atomic E-state index is 12.1. The lowest BCUT2D eigenvalue weighted by Gasteiger charge is -2.06. The van der Waals surface area contributed by atoms with Crippen molar-refractivity contribution in [2.75, 3.05) is 18.9 Å². The molecular weight excluding hydrogens is 276 g/mol. The predicted molar refractivity (Wildman–Crippen MR) is 75.1 cm³/mol. The van der Waals surface area contributed by atoms with Crippen molar-refractivity contribution in [2.45, 2.75) is 6.42 Å². The lowest BCUT2D eigenvalue weighted by Crippen LogP contribution is -2.26. The van der Waals surface area contributed by atoms with Crippen molar-refractivity contribution in [3.8, 4) is 0 Å². The molecule has 2 heterocycles. The molecule has 0 unspecified atom stereocenters. The number of pyridine rings is 1. The Morgan fingerprint density at radius 1 is 1.48 bits per heavy atom. The number of nitrogens with zero attached hydrogens (tertiary/aromatic N) is 3. The maximum Gasteiger partial charge on any atom is 0.300 e. The average Bonchev–Trinajstić information content (AvgIpc) is 2.99. The number of nitro groups is 1. The first-order valence-electron chi connectivity index (χ1n) is 6.19. The first-order valence-corrected chi connectivity index (χ1v) is 6.19. The van der Waals surface area contributed by atoms with Crippen molar-refractivity contribution in [3.05, 3.63) is 46.2 Å². The zero-order valence-corrected chi connectivity index (χ0v) is 11.3. The van der Waals surface area contributed by atoms with E-state index >= 15 is 0 Å². The Morgan fingerprint density at radius 2 is 2.29 bits per heavy atom. The molecule has 0 aromatic carbocycles. The topological polar surface area (TPSA) is 126 Å². The molecule has 2 rings (SSSR count). The van der Waals surface area contributed by atoms with Gasteiger partial charge < -0.3 is 15.6 Å². The second kappa shape index (κ2) is 6.46. The van der Waals surface area contributed by atoms with Crippen LogP contribution in [0.4, 0.5) is 11.5 Å². The fourth-order valence-corrected chi connectivity index (χ4v) is 1.74. The van der Waals surface area contributed by atoms with E-state index in [1.165, 1.54) is 6.07 Å². The number of hydrogen-bond acceptors (Lipinski definition) is 6. The lowest BCUT2D eigenvalue weighted by molar-refractivity contribution is -0.385. The highest BCUT2D eigenvalue weighted by Crippen LogP contribution is 2.19. The van der Waals surface area contributed by atoms with Gasteiger partial charge in [-0.15, -0.1) is 0 Å². The summed E-state index contributed by atoms with van der Waals surface area (Å²) in [6.45, 7) is 0.343. The van der Waals surface area contributed by atoms with Gasteiger partial charge in [-0.3, -0.25) is 14.9 Å². The molecule has 0 spiro atoms. The third kappa shape index (κ3) is 3.53. The number of nitrogens with one attached hydrogen (secondary N) is 3. The summed E-state index contributed by atoms with van der Waals surface area (Å²) in [6.07, 6.45) is 4.82. The first kappa shape index (κ1) is 14.4. The minimum absolute atomic E-state index is 0.0241. The Morgan fingerprint density at radius 3 is 2.90 bits per heavy atom. The number of carbonyl (C=O) groups excluding carboxylic acids is 1. The molecule has 110 valence electrons. The Labute approximate surface area is 120 Å². The van der Waals surface area contributed by atoms with E-state index in [4.69, 9.17) is 0 Å². The third-order valence-electron chi connectivity index (χ3n) is 2.82. The second-order valence-electron chi connectivity index (χ2n) is 4.18. The van der Waals surface area contributed by atoms with Crippen LogP contribution in [0.3, 0.4) is 0 Å². The zero-order valence-electron chi connectivity index (χ0n) is 11.3. The van der Waals surface area contributed by atoms with Crippen LogP contribution in [0.5, 0.6) is 0 Å². The summed E-state index contributed by atoms with van der Waals surface area (Å²) >= 11 is 0. The molecule has 9 nitrogen and oxygen atoms in total. The van der Waals surface area contributed by atoms with Gasteiger partial charge in [0.2, 0.25) is 0 Å². The minimum Gasteiger partial charge on any atom is -0.373 e. The van der Waals surface area contributed by atoms with Crippen LogP contribution in [0.25, 0.3) is 0 Å². The number of carbonyl (C=O) groups is 1. The minimum atomic E-state index is -0.629. The Bertz CT molecular complexity index is 640. The van der Waals surface area contributed by atoms with Gasteiger partial charge in [0, 0.05) is 38.0 Å². The highest BCUT2D eigenvalue weighted by Gasteiger charge is 2.21. The van der Waals surface area contributed by atoms with Gasteiger partial charge in [-0.05, 0) is 0 Å². The normalized spacial score (nSPS) is 10.1. The van der Waals surface area contributed by atoms with Gasteiger partial charge in [-0.25, -0.2) is 9.97 Å². The van der Waals surface area contributed by atoms with Crippen molar-refractivity contribution in [2.24, 2.45) is 0 Å². The molecule has 0 aliphatic rings. The SMILES string of the molecule is CNc1cc(C(=O)NCCc2cnc[nH]2)c([N+](=O)[O-])cn1. The van der Waals surface area contributed by atoms with Crippen molar-refractivity contribution in [1.29, 1.82) is 0 Å². The molecule has 0 fully saturated rings. The standard InChI is InChI=1S/C12H14N6O3/c1-13-11-4-9(10(6-16-11)18(20)21)12(19)15-3-2-8-5-14-7-17-8/h4-7H,2-3H2,1H3,(H,13,16)(H,14,17)(H,15,19). The fraction of sp³-hybridized carbons (Fsp3) is 0.250. The van der Waals surface area contributed by atoms with Crippen LogP contribution >= 0.6 is 0 Å². The Kier molecular flexibility index (Phi) is 4.44. The maximum atomic E-state index is 12.1. The molecule has 21 heavy (non-hydrogen) atoms. The monoisotopic (exact) mass is 290 g/mol. The molecule has 3 N–H and O–H groups in total. The molecule has 0 saturated carbocycles. The number of amides is 1. The molecule has 0 saturated heterocycles. The van der Waals surface area contributed by atoms with Gasteiger partial charge in [0.05, 0.1) is 11.3 Å². The van der Waals surface area contributed by atoms with Gasteiger partial charge in [0.1, 0.15) is 17.6 Å². The number of aromatic amines is 1. The zero-order chi connectivity index (χ0) is 15.2. The van der Waals surface area contributed by atoms with E-state index in [0.29, 0.717) is 18.8 Å². The summed E-state index contributed by atoms with van der Waals surface area (Å²) in [4.78, 5) is 33.0. The molecule has 0 aliphatic heterocycles. The summed E-state index contributed by atoms with van der Waals surface area (Å²) in [5, 5.41) is 16.3. The van der Waals surface area contributed by atoms with Crippen LogP contribution in [0.1, 0.15) is 16.1 Å². The summed E-state index contributed by atoms with van der Waals surface area (Å²) in [5.74, 6) is -0.126. The molecule has 0 atom stereocenters. The molecule has 1 amide bonds. The van der Waals surface area contributed by atoms with Gasteiger partial charge in [-0.1, -0.05) is 0 Å². The molecule has 9 heteroatoms. The number of rotatable bonds is 6. The van der Waals surface area contributed by atoms with Crippen molar-refractivity contribution >= 4 is 17.4 Å². The Hall–Kier alpha value is -2.97. The fourth-order valence-electron chi connectivity index (χ4n) is 1.74. The van der Waals surface area contributed by atoms with E-state index in [2.05, 4.69) is 25.6 Å². The van der Waals surface area contributed by atoms with E-state index in [1.807, 2.05) is 0 Å². The van der Waals surface area contributed by atoms with Crippen LogP contribution in [0.2, 0.25) is 0 Å². The van der Waals surface area contributed by atoms with Gasteiger partial charge in [0.15, 0.2) is 0 Å². The van der Waals surface area contributed by atoms with Crippen LogP contribution in [0.15, 0.2) is 24.8 Å². The molecule has 0 bridgehead atoms. The van der Waals surface area contributed by atoms with E-state index < -0.39 is 10.8 Å². The van der Waals surface area contributed by atoms with Crippen molar-refractivity contribution in [1.82, 2.24) is 20.3 Å². The number of hydrogen-bond donors (Lipinski definition) is 3. The summed E-state index contributed by atoms with van der Waals surface area (Å²) in [7, 11) is 1.62. The Balaban J connectivity index is 2.08. The van der Waals surface area contributed by atoms with Crippen LogP contribution in [-0.2, 0) is 6.42 Å². The number of anilines is 1. The number of aromatic nitrogens is 3. The molecule has 0 radical (unpaired) electrons. The first-order chi connectivity index (χ1) is 10.1. The van der Waals surface area contributed by atoms with E-state index in [1.54, 1.807) is 19.6 Å². The summed E-state index contributed by atoms with van der Waals surface area (Å²) in [6, 6.07) is 1.35. The van der Waals surface area contributed by atoms with E-state index in [-0.39, 0.29) is 11.3 Å². The van der Waals surface area contributed by atoms with E-state index in [9.17, 15) is 14.9 Å². The summed E-state index contributed by atoms with van der Waals surface area (Å²) < 4.78 is 0. The lowest BCUT2D eigenvalue weighted by atomic mass is 10.2. The molecule has 2 aromatic heterocycles. The van der Waals surface area contributed by atoms with Gasteiger partial charge in [-0.2, -0.15) is 0 Å². The highest BCUT2D eigenvalue weighted by atomic mass is 16.6. The van der Waals surface area contributed by atoms with Crippen molar-refractivity contribution in [3.63, 3.8) is 0 Å². The number of imidazole rings is 1. The van der Waals surface area contributed by atoms with E-state index in [0.717, 1.165) is 11.9 Å². The largest absolute Gasteiger partial charge is 0.373 e. The molecule has 2 aromatic rings. The quantitative estimate of drug-likeness (QED) is 0.531. The van der Waals surface area contributed by atoms with Crippen LogP contribution in [0, 0.1) is 10.1 Å². The molecular formula is C12H14N6O3. The van der Waals surface area contributed by atoms with Crippen molar-refractivity contribution < 1.29 is 9.72 Å². The van der Waals surface area contributed by atoms with Gasteiger partial charge >= 0.3 is 0 Å². The second-order valence-corrected chi connectivity index (χ2v) is 4.18. The average molecular weight is 290 g/mol. The van der Waals surface area contributed by atoms with Crippen LogP contribution < -0.4 is 10.6 Å². The predicted octanol–water partition coefficient (Wildman–Crippen LogP) is 0.727. The smallest absolute Gasteiger partial charge is 0.300 e. The van der Waals surface area contributed by atoms with Crippen LogP contribution in [-0.4, -0.2) is 39.4 Å². The summed E-state index contributed by atoms with van der Waals surface area (Å²) in [5.41, 5.74) is 0.521. The molecule has 0 aliphatic carbocycles. The highest BCUT2D eigenvalue weighted by molar-refractivity contribution is 5.98. The third-order valence-corrected chi connectivity index (χ3v) is 2.82. The van der Waals surface area contributed by atoms with Gasteiger partial charge in [0.25, 0.3) is 11.6 Å². The number of H-pyrrole nitrogens is 1.